The molecule has 0 aliphatic heterocycles. The first kappa shape index (κ1) is 18.2. The van der Waals surface area contributed by atoms with Gasteiger partial charge in [0.2, 0.25) is 5.91 Å². The maximum absolute atomic E-state index is 12.5. The van der Waals surface area contributed by atoms with Gasteiger partial charge in [-0.15, -0.1) is 0 Å². The third kappa shape index (κ3) is 3.37. The zero-order valence-electron chi connectivity index (χ0n) is 15.5. The van der Waals surface area contributed by atoms with Crippen LogP contribution in [0.1, 0.15) is 17.0 Å². The van der Waals surface area contributed by atoms with E-state index in [1.807, 2.05) is 46.0 Å². The van der Waals surface area contributed by atoms with Crippen LogP contribution in [0.25, 0.3) is 10.9 Å². The van der Waals surface area contributed by atoms with E-state index in [-0.39, 0.29) is 17.2 Å². The summed E-state index contributed by atoms with van der Waals surface area (Å²) in [5, 5.41) is 8.28. The minimum atomic E-state index is -0.160. The molecule has 0 aliphatic carbocycles. The van der Waals surface area contributed by atoms with E-state index in [1.54, 1.807) is 11.7 Å². The van der Waals surface area contributed by atoms with Crippen LogP contribution in [0.4, 0.5) is 5.69 Å². The molecule has 3 rings (SSSR count). The first-order valence-corrected chi connectivity index (χ1v) is 9.16. The highest BCUT2D eigenvalue weighted by atomic mass is 32.2. The molecular formula is C18H21N5O2S. The number of hydrogen-bond donors (Lipinski definition) is 1. The summed E-state index contributed by atoms with van der Waals surface area (Å²) >= 11 is 1.24. The quantitative estimate of drug-likeness (QED) is 0.562. The van der Waals surface area contributed by atoms with Crippen molar-refractivity contribution in [2.24, 2.45) is 14.1 Å². The SMILES string of the molecule is Cc1ccc2nc(SCC(=O)Nc3c(C)nn(C)c3C)n(C)c(=O)c2c1. The van der Waals surface area contributed by atoms with Gasteiger partial charge >= 0.3 is 0 Å². The van der Waals surface area contributed by atoms with Crippen LogP contribution in [0, 0.1) is 20.8 Å². The zero-order valence-corrected chi connectivity index (χ0v) is 16.3. The summed E-state index contributed by atoms with van der Waals surface area (Å²) in [5.74, 6) is -0.00161. The maximum Gasteiger partial charge on any atom is 0.261 e. The van der Waals surface area contributed by atoms with Gasteiger partial charge in [0.25, 0.3) is 5.56 Å². The van der Waals surface area contributed by atoms with Crippen molar-refractivity contribution >= 4 is 34.3 Å². The molecule has 26 heavy (non-hydrogen) atoms. The molecule has 7 nitrogen and oxygen atoms in total. The topological polar surface area (TPSA) is 81.8 Å². The number of nitrogens with zero attached hydrogens (tertiary/aromatic N) is 4. The normalized spacial score (nSPS) is 11.1. The molecule has 1 aromatic carbocycles. The fourth-order valence-corrected chi connectivity index (χ4v) is 3.53. The Bertz CT molecular complexity index is 1070. The first-order valence-electron chi connectivity index (χ1n) is 8.18. The van der Waals surface area contributed by atoms with Gasteiger partial charge in [-0.05, 0) is 32.9 Å². The number of fused-ring (bicyclic) bond motifs is 1. The van der Waals surface area contributed by atoms with E-state index in [4.69, 9.17) is 0 Å². The van der Waals surface area contributed by atoms with Crippen LogP contribution in [0.3, 0.4) is 0 Å². The molecule has 0 saturated carbocycles. The molecule has 8 heteroatoms. The van der Waals surface area contributed by atoms with E-state index < -0.39 is 0 Å². The summed E-state index contributed by atoms with van der Waals surface area (Å²) in [7, 11) is 3.51. The Hall–Kier alpha value is -2.61. The lowest BCUT2D eigenvalue weighted by Crippen LogP contribution is -2.21. The number of thioether (sulfide) groups is 1. The third-order valence-electron chi connectivity index (χ3n) is 4.30. The smallest absolute Gasteiger partial charge is 0.261 e. The number of benzene rings is 1. The molecule has 2 aromatic heterocycles. The molecule has 1 N–H and O–H groups in total. The van der Waals surface area contributed by atoms with Crippen LogP contribution in [0.2, 0.25) is 0 Å². The van der Waals surface area contributed by atoms with E-state index in [0.29, 0.717) is 16.1 Å². The van der Waals surface area contributed by atoms with Crippen molar-refractivity contribution in [3.8, 4) is 0 Å². The minimum absolute atomic E-state index is 0.111. The Balaban J connectivity index is 1.79. The number of carbonyl (C=O) groups is 1. The Morgan fingerprint density at radius 2 is 1.96 bits per heavy atom. The molecule has 2 heterocycles. The van der Waals surface area contributed by atoms with E-state index in [0.717, 1.165) is 22.6 Å². The molecule has 0 spiro atoms. The maximum atomic E-state index is 12.5. The summed E-state index contributed by atoms with van der Waals surface area (Å²) in [5.41, 5.74) is 3.94. The van der Waals surface area contributed by atoms with Gasteiger partial charge in [-0.1, -0.05) is 23.4 Å². The third-order valence-corrected chi connectivity index (χ3v) is 5.33. The first-order chi connectivity index (χ1) is 12.3. The second kappa shape index (κ2) is 6.95. The van der Waals surface area contributed by atoms with Gasteiger partial charge in [0.1, 0.15) is 0 Å². The summed E-state index contributed by atoms with van der Waals surface area (Å²) in [4.78, 5) is 29.4. The van der Waals surface area contributed by atoms with Gasteiger partial charge < -0.3 is 5.32 Å². The monoisotopic (exact) mass is 371 g/mol. The number of anilines is 1. The van der Waals surface area contributed by atoms with Crippen molar-refractivity contribution in [3.63, 3.8) is 0 Å². The molecule has 0 radical (unpaired) electrons. The number of hydrogen-bond acceptors (Lipinski definition) is 5. The van der Waals surface area contributed by atoms with E-state index >= 15 is 0 Å². The van der Waals surface area contributed by atoms with Crippen molar-refractivity contribution in [2.45, 2.75) is 25.9 Å². The molecule has 3 aromatic rings. The summed E-state index contributed by atoms with van der Waals surface area (Å²) in [6.07, 6.45) is 0. The van der Waals surface area contributed by atoms with Gasteiger partial charge in [0.15, 0.2) is 5.16 Å². The molecule has 0 unspecified atom stereocenters. The Morgan fingerprint density at radius 3 is 2.62 bits per heavy atom. The standard InChI is InChI=1S/C18H21N5O2S/c1-10-6-7-14-13(8-10)17(25)22(4)18(19-14)26-9-15(24)20-16-11(2)21-23(5)12(16)3/h6-8H,9H2,1-5H3,(H,20,24). The van der Waals surface area contributed by atoms with Crippen LogP contribution in [-0.2, 0) is 18.9 Å². The Morgan fingerprint density at radius 1 is 1.23 bits per heavy atom. The molecule has 0 bridgehead atoms. The minimum Gasteiger partial charge on any atom is -0.322 e. The van der Waals surface area contributed by atoms with Crippen molar-refractivity contribution in [3.05, 3.63) is 45.5 Å². The number of aryl methyl sites for hydroxylation is 3. The highest BCUT2D eigenvalue weighted by molar-refractivity contribution is 7.99. The number of aromatic nitrogens is 4. The molecule has 0 atom stereocenters. The number of nitrogens with one attached hydrogen (secondary N) is 1. The van der Waals surface area contributed by atoms with Crippen LogP contribution in [-0.4, -0.2) is 31.0 Å². The number of rotatable bonds is 4. The van der Waals surface area contributed by atoms with E-state index in [1.165, 1.54) is 16.3 Å². The fourth-order valence-electron chi connectivity index (χ4n) is 2.75. The molecule has 0 aliphatic rings. The zero-order chi connectivity index (χ0) is 19.0. The predicted molar refractivity (Wildman–Crippen MR) is 104 cm³/mol. The van der Waals surface area contributed by atoms with E-state index in [2.05, 4.69) is 15.4 Å². The van der Waals surface area contributed by atoms with Crippen molar-refractivity contribution in [1.82, 2.24) is 19.3 Å². The van der Waals surface area contributed by atoms with E-state index in [9.17, 15) is 9.59 Å². The molecular weight excluding hydrogens is 350 g/mol. The largest absolute Gasteiger partial charge is 0.322 e. The van der Waals surface area contributed by atoms with Crippen molar-refractivity contribution in [2.75, 3.05) is 11.1 Å². The predicted octanol–water partition coefficient (Wildman–Crippen LogP) is 2.32. The molecule has 1 amide bonds. The molecule has 0 fully saturated rings. The Kier molecular flexibility index (Phi) is 4.86. The van der Waals surface area contributed by atoms with Crippen LogP contribution < -0.4 is 10.9 Å². The molecule has 0 saturated heterocycles. The second-order valence-corrected chi connectivity index (χ2v) is 7.23. The van der Waals surface area contributed by atoms with Gasteiger partial charge in [-0.25, -0.2) is 4.98 Å². The summed E-state index contributed by atoms with van der Waals surface area (Å²) in [6, 6.07) is 5.59. The second-order valence-electron chi connectivity index (χ2n) is 6.29. The number of carbonyl (C=O) groups excluding carboxylic acids is 1. The lowest BCUT2D eigenvalue weighted by atomic mass is 10.2. The highest BCUT2D eigenvalue weighted by Gasteiger charge is 2.14. The van der Waals surface area contributed by atoms with Gasteiger partial charge in [0, 0.05) is 14.1 Å². The average molecular weight is 371 g/mol. The lowest BCUT2D eigenvalue weighted by molar-refractivity contribution is -0.113. The van der Waals surface area contributed by atoms with Crippen LogP contribution in [0.15, 0.2) is 28.2 Å². The average Bonchev–Trinajstić information content (AvgIpc) is 2.83. The van der Waals surface area contributed by atoms with Crippen molar-refractivity contribution in [1.29, 1.82) is 0 Å². The van der Waals surface area contributed by atoms with Crippen molar-refractivity contribution < 1.29 is 4.79 Å². The highest BCUT2D eigenvalue weighted by Crippen LogP contribution is 2.21. The lowest BCUT2D eigenvalue weighted by Gasteiger charge is -2.09. The van der Waals surface area contributed by atoms with Crippen LogP contribution in [0.5, 0.6) is 0 Å². The number of amides is 1. The van der Waals surface area contributed by atoms with Gasteiger partial charge in [-0.2, -0.15) is 5.10 Å². The summed E-state index contributed by atoms with van der Waals surface area (Å²) < 4.78 is 3.22. The summed E-state index contributed by atoms with van der Waals surface area (Å²) in [6.45, 7) is 5.69. The van der Waals surface area contributed by atoms with Gasteiger partial charge in [-0.3, -0.25) is 18.8 Å². The molecule has 136 valence electrons. The van der Waals surface area contributed by atoms with Gasteiger partial charge in [0.05, 0.1) is 33.7 Å². The Labute approximate surface area is 155 Å². The fraction of sp³-hybridized carbons (Fsp3) is 0.333. The van der Waals surface area contributed by atoms with Crippen LogP contribution >= 0.6 is 11.8 Å².